The van der Waals surface area contributed by atoms with Crippen molar-refractivity contribution in [2.45, 2.75) is 51.2 Å². The van der Waals surface area contributed by atoms with Crippen molar-refractivity contribution in [3.05, 3.63) is 35.9 Å². The van der Waals surface area contributed by atoms with Crippen LogP contribution in [0.4, 0.5) is 0 Å². The predicted molar refractivity (Wildman–Crippen MR) is 93.0 cm³/mol. The van der Waals surface area contributed by atoms with Gasteiger partial charge in [0.1, 0.15) is 0 Å². The number of rotatable bonds is 7. The summed E-state index contributed by atoms with van der Waals surface area (Å²) in [4.78, 5) is 14.4. The van der Waals surface area contributed by atoms with E-state index >= 15 is 0 Å². The van der Waals surface area contributed by atoms with Crippen LogP contribution in [0.5, 0.6) is 0 Å². The molecule has 124 valence electrons. The zero-order valence-electron chi connectivity index (χ0n) is 13.3. The van der Waals surface area contributed by atoms with Gasteiger partial charge >= 0.3 is 0 Å². The monoisotopic (exact) mass is 325 g/mol. The molecule has 5 heteroatoms. The lowest BCUT2D eigenvalue weighted by Gasteiger charge is -2.25. The Bertz CT molecular complexity index is 441. The Morgan fingerprint density at radius 2 is 2.14 bits per heavy atom. The highest BCUT2D eigenvalue weighted by molar-refractivity contribution is 5.85. The van der Waals surface area contributed by atoms with E-state index < -0.39 is 0 Å². The van der Waals surface area contributed by atoms with Crippen molar-refractivity contribution in [3.63, 3.8) is 0 Å². The smallest absolute Gasteiger partial charge is 0.236 e. The van der Waals surface area contributed by atoms with Gasteiger partial charge in [0.15, 0.2) is 0 Å². The van der Waals surface area contributed by atoms with Crippen molar-refractivity contribution in [2.75, 3.05) is 13.1 Å². The Morgan fingerprint density at radius 3 is 2.82 bits per heavy atom. The van der Waals surface area contributed by atoms with Crippen molar-refractivity contribution < 1.29 is 4.79 Å². The van der Waals surface area contributed by atoms with E-state index in [-0.39, 0.29) is 24.4 Å². The third kappa shape index (κ3) is 5.59. The molecule has 0 spiro atoms. The predicted octanol–water partition coefficient (Wildman–Crippen LogP) is 2.32. The zero-order chi connectivity index (χ0) is 15.1. The second-order valence-electron chi connectivity index (χ2n) is 5.89. The number of carbonyl (C=O) groups is 1. The van der Waals surface area contributed by atoms with Crippen LogP contribution in [-0.4, -0.2) is 36.0 Å². The van der Waals surface area contributed by atoms with E-state index in [9.17, 15) is 4.79 Å². The van der Waals surface area contributed by atoms with Gasteiger partial charge in [0.25, 0.3) is 0 Å². The molecule has 4 nitrogen and oxygen atoms in total. The molecule has 0 radical (unpaired) electrons. The first-order valence-corrected chi connectivity index (χ1v) is 8.02. The van der Waals surface area contributed by atoms with Crippen LogP contribution in [0, 0.1) is 0 Å². The third-order valence-electron chi connectivity index (χ3n) is 4.18. The van der Waals surface area contributed by atoms with E-state index in [0.29, 0.717) is 12.6 Å². The Hall–Kier alpha value is -1.10. The number of benzene rings is 1. The molecule has 1 aromatic rings. The van der Waals surface area contributed by atoms with Crippen LogP contribution in [0.1, 0.15) is 38.2 Å². The summed E-state index contributed by atoms with van der Waals surface area (Å²) in [7, 11) is 0. The maximum Gasteiger partial charge on any atom is 0.236 e. The number of halogens is 1. The minimum Gasteiger partial charge on any atom is -0.353 e. The Labute approximate surface area is 139 Å². The molecule has 2 unspecified atom stereocenters. The number of nitrogens with one attached hydrogen (secondary N) is 1. The molecule has 1 aromatic carbocycles. The maximum absolute atomic E-state index is 11.9. The average Bonchev–Trinajstić information content (AvgIpc) is 2.93. The van der Waals surface area contributed by atoms with Crippen molar-refractivity contribution in [1.29, 1.82) is 0 Å². The summed E-state index contributed by atoms with van der Waals surface area (Å²) < 4.78 is 0. The fourth-order valence-corrected chi connectivity index (χ4v) is 2.94. The molecule has 1 amide bonds. The summed E-state index contributed by atoms with van der Waals surface area (Å²) in [5.41, 5.74) is 7.18. The van der Waals surface area contributed by atoms with E-state index in [2.05, 4.69) is 34.5 Å². The summed E-state index contributed by atoms with van der Waals surface area (Å²) >= 11 is 0. The van der Waals surface area contributed by atoms with Crippen molar-refractivity contribution in [2.24, 2.45) is 5.73 Å². The molecule has 1 heterocycles. The van der Waals surface area contributed by atoms with E-state index in [4.69, 9.17) is 5.73 Å². The fourth-order valence-electron chi connectivity index (χ4n) is 2.94. The Kier molecular flexibility index (Phi) is 8.46. The summed E-state index contributed by atoms with van der Waals surface area (Å²) in [5.74, 6) is -0.0107. The van der Waals surface area contributed by atoms with Gasteiger partial charge in [-0.1, -0.05) is 43.7 Å². The van der Waals surface area contributed by atoms with Gasteiger partial charge in [-0.05, 0) is 31.4 Å². The fraction of sp³-hybridized carbons (Fsp3) is 0.588. The molecule has 0 aliphatic carbocycles. The van der Waals surface area contributed by atoms with Crippen LogP contribution < -0.4 is 11.1 Å². The number of hydrogen-bond donors (Lipinski definition) is 2. The van der Waals surface area contributed by atoms with E-state index in [1.807, 2.05) is 13.0 Å². The van der Waals surface area contributed by atoms with Gasteiger partial charge < -0.3 is 11.1 Å². The molecular formula is C17H28ClN3O. The summed E-state index contributed by atoms with van der Waals surface area (Å²) in [6.07, 6.45) is 4.05. The van der Waals surface area contributed by atoms with Gasteiger partial charge in [0, 0.05) is 19.1 Å². The van der Waals surface area contributed by atoms with Gasteiger partial charge in [-0.25, -0.2) is 0 Å². The molecule has 1 saturated heterocycles. The molecular weight excluding hydrogens is 298 g/mol. The largest absolute Gasteiger partial charge is 0.353 e. The number of nitrogens with zero attached hydrogens (tertiary/aromatic N) is 1. The van der Waals surface area contributed by atoms with Gasteiger partial charge in [0.05, 0.1) is 6.04 Å². The van der Waals surface area contributed by atoms with Crippen LogP contribution in [0.3, 0.4) is 0 Å². The Morgan fingerprint density at radius 1 is 1.41 bits per heavy atom. The van der Waals surface area contributed by atoms with E-state index in [1.54, 1.807) is 0 Å². The highest BCUT2D eigenvalue weighted by atomic mass is 35.5. The summed E-state index contributed by atoms with van der Waals surface area (Å²) in [6, 6.07) is 10.6. The first-order chi connectivity index (χ1) is 10.2. The van der Waals surface area contributed by atoms with Gasteiger partial charge in [0.2, 0.25) is 5.91 Å². The lowest BCUT2D eigenvalue weighted by Crippen LogP contribution is -2.46. The minimum absolute atomic E-state index is 0. The first kappa shape index (κ1) is 18.9. The summed E-state index contributed by atoms with van der Waals surface area (Å²) in [5, 5.41) is 3.02. The molecule has 1 fully saturated rings. The van der Waals surface area contributed by atoms with Crippen LogP contribution in [0.15, 0.2) is 30.3 Å². The van der Waals surface area contributed by atoms with Crippen LogP contribution in [-0.2, 0) is 11.3 Å². The number of likely N-dealkylation sites (tertiary alicyclic amines) is 1. The molecule has 1 aliphatic heterocycles. The van der Waals surface area contributed by atoms with Gasteiger partial charge in [-0.2, -0.15) is 0 Å². The molecule has 2 atom stereocenters. The Balaban J connectivity index is 0.00000242. The first-order valence-electron chi connectivity index (χ1n) is 8.02. The molecule has 3 N–H and O–H groups in total. The topological polar surface area (TPSA) is 58.4 Å². The van der Waals surface area contributed by atoms with Crippen LogP contribution in [0.25, 0.3) is 0 Å². The SMILES string of the molecule is CCCC(N)C(=O)NCC1CCCN1Cc1ccccc1.Cl. The lowest BCUT2D eigenvalue weighted by atomic mass is 10.1. The number of hydrogen-bond acceptors (Lipinski definition) is 3. The van der Waals surface area contributed by atoms with Gasteiger partial charge in [-0.15, -0.1) is 12.4 Å². The summed E-state index contributed by atoms with van der Waals surface area (Å²) in [6.45, 7) is 4.83. The minimum atomic E-state index is -0.362. The molecule has 0 saturated carbocycles. The number of carbonyl (C=O) groups excluding carboxylic acids is 1. The lowest BCUT2D eigenvalue weighted by molar-refractivity contribution is -0.122. The molecule has 1 aliphatic rings. The third-order valence-corrected chi connectivity index (χ3v) is 4.18. The number of amides is 1. The molecule has 22 heavy (non-hydrogen) atoms. The number of nitrogens with two attached hydrogens (primary N) is 1. The van der Waals surface area contributed by atoms with Crippen molar-refractivity contribution >= 4 is 18.3 Å². The molecule has 2 rings (SSSR count). The zero-order valence-corrected chi connectivity index (χ0v) is 14.1. The van der Waals surface area contributed by atoms with E-state index in [1.165, 1.54) is 12.0 Å². The van der Waals surface area contributed by atoms with Crippen LogP contribution >= 0.6 is 12.4 Å². The second-order valence-corrected chi connectivity index (χ2v) is 5.89. The van der Waals surface area contributed by atoms with Crippen molar-refractivity contribution in [1.82, 2.24) is 10.2 Å². The second kappa shape index (κ2) is 9.82. The van der Waals surface area contributed by atoms with E-state index in [0.717, 1.165) is 32.4 Å². The maximum atomic E-state index is 11.9. The van der Waals surface area contributed by atoms with Crippen LogP contribution in [0.2, 0.25) is 0 Å². The average molecular weight is 326 g/mol. The normalized spacial score (nSPS) is 19.5. The standard InChI is InChI=1S/C17H27N3O.ClH/c1-2-7-16(18)17(21)19-12-15-10-6-11-20(15)13-14-8-4-3-5-9-14;/h3-5,8-9,15-16H,2,6-7,10-13,18H2,1H3,(H,19,21);1H. The quantitative estimate of drug-likeness (QED) is 0.809. The highest BCUT2D eigenvalue weighted by Crippen LogP contribution is 2.19. The van der Waals surface area contributed by atoms with Crippen molar-refractivity contribution in [3.8, 4) is 0 Å². The van der Waals surface area contributed by atoms with Gasteiger partial charge in [-0.3, -0.25) is 9.69 Å². The molecule has 0 aromatic heterocycles. The highest BCUT2D eigenvalue weighted by Gasteiger charge is 2.25. The molecule has 0 bridgehead atoms.